The molecule has 1 aromatic rings. The van der Waals surface area contributed by atoms with Gasteiger partial charge in [-0.2, -0.15) is 0 Å². The average Bonchev–Trinajstić information content (AvgIpc) is 2.36. The lowest BCUT2D eigenvalue weighted by Gasteiger charge is -2.21. The van der Waals surface area contributed by atoms with Crippen LogP contribution in [0.3, 0.4) is 0 Å². The lowest BCUT2D eigenvalue weighted by Crippen LogP contribution is -2.37. The second kappa shape index (κ2) is 7.89. The van der Waals surface area contributed by atoms with E-state index in [4.69, 9.17) is 22.1 Å². The van der Waals surface area contributed by atoms with Crippen molar-refractivity contribution in [1.29, 1.82) is 0 Å². The Morgan fingerprint density at radius 2 is 1.86 bits per heavy atom. The molecule has 22 heavy (non-hydrogen) atoms. The Bertz CT molecular complexity index is 512. The number of carbonyl (C=O) groups excluding carboxylic acids is 2. The zero-order valence-electron chi connectivity index (χ0n) is 13.0. The number of carbonyl (C=O) groups is 2. The van der Waals surface area contributed by atoms with Crippen LogP contribution in [0, 0.1) is 0 Å². The number of hydrogen-bond donors (Lipinski definition) is 3. The molecule has 6 nitrogen and oxygen atoms in total. The summed E-state index contributed by atoms with van der Waals surface area (Å²) < 4.78 is 5.14. The van der Waals surface area contributed by atoms with Gasteiger partial charge >= 0.3 is 12.1 Å². The molecule has 0 saturated heterocycles. The third-order valence-corrected chi connectivity index (χ3v) is 2.94. The molecule has 0 aromatic heterocycles. The predicted octanol–water partition coefficient (Wildman–Crippen LogP) is 2.96. The van der Waals surface area contributed by atoms with E-state index in [-0.39, 0.29) is 6.04 Å². The summed E-state index contributed by atoms with van der Waals surface area (Å²) >= 11 is 5.84. The molecule has 0 spiro atoms. The molecule has 0 saturated carbocycles. The van der Waals surface area contributed by atoms with E-state index in [1.807, 2.05) is 0 Å². The van der Waals surface area contributed by atoms with Gasteiger partial charge in [0.05, 0.1) is 6.04 Å². The standard InChI is InChI=1S/C15H22ClN3O3/c1-15(2,3)22-14(21)18-9-8-12(19-13(17)20)10-4-6-11(16)7-5-10/h4-7,12H,8-9H2,1-3H3,(H,18,21)(H3,17,19,20). The van der Waals surface area contributed by atoms with E-state index in [9.17, 15) is 9.59 Å². The number of amides is 3. The highest BCUT2D eigenvalue weighted by Crippen LogP contribution is 2.19. The van der Waals surface area contributed by atoms with Crippen LogP contribution in [0.2, 0.25) is 5.02 Å². The first-order valence-corrected chi connectivity index (χ1v) is 7.33. The van der Waals surface area contributed by atoms with Crippen molar-refractivity contribution in [2.24, 2.45) is 5.73 Å². The molecular formula is C15H22ClN3O3. The van der Waals surface area contributed by atoms with Crippen molar-refractivity contribution >= 4 is 23.7 Å². The number of urea groups is 1. The molecule has 0 aliphatic carbocycles. The summed E-state index contributed by atoms with van der Waals surface area (Å²) in [6, 6.07) is 6.12. The fraction of sp³-hybridized carbons (Fsp3) is 0.467. The minimum atomic E-state index is -0.628. The topological polar surface area (TPSA) is 93.4 Å². The Morgan fingerprint density at radius 1 is 1.27 bits per heavy atom. The molecule has 3 amide bonds. The van der Waals surface area contributed by atoms with Crippen LogP contribution in [0.4, 0.5) is 9.59 Å². The summed E-state index contributed by atoms with van der Waals surface area (Å²) in [7, 11) is 0. The predicted molar refractivity (Wildman–Crippen MR) is 85.8 cm³/mol. The quantitative estimate of drug-likeness (QED) is 0.776. The van der Waals surface area contributed by atoms with Gasteiger partial charge in [0, 0.05) is 11.6 Å². The van der Waals surface area contributed by atoms with E-state index in [1.54, 1.807) is 45.0 Å². The van der Waals surface area contributed by atoms with Gasteiger partial charge in [-0.1, -0.05) is 23.7 Å². The lowest BCUT2D eigenvalue weighted by atomic mass is 10.0. The monoisotopic (exact) mass is 327 g/mol. The minimum absolute atomic E-state index is 0.315. The summed E-state index contributed by atoms with van der Waals surface area (Å²) in [4.78, 5) is 22.7. The second-order valence-corrected chi connectivity index (χ2v) is 6.27. The van der Waals surface area contributed by atoms with Crippen LogP contribution in [0.15, 0.2) is 24.3 Å². The highest BCUT2D eigenvalue weighted by molar-refractivity contribution is 6.30. The number of alkyl carbamates (subject to hydrolysis) is 1. The normalized spacial score (nSPS) is 12.4. The number of ether oxygens (including phenoxy) is 1. The van der Waals surface area contributed by atoms with Crippen LogP contribution in [-0.2, 0) is 4.74 Å². The van der Waals surface area contributed by atoms with Gasteiger partial charge in [0.1, 0.15) is 5.60 Å². The van der Waals surface area contributed by atoms with Crippen molar-refractivity contribution in [3.05, 3.63) is 34.9 Å². The van der Waals surface area contributed by atoms with Gasteiger partial charge in [-0.25, -0.2) is 9.59 Å². The molecule has 0 aliphatic rings. The molecular weight excluding hydrogens is 306 g/mol. The SMILES string of the molecule is CC(C)(C)OC(=O)NCCC(NC(N)=O)c1ccc(Cl)cc1. The Morgan fingerprint density at radius 3 is 2.36 bits per heavy atom. The number of hydrogen-bond acceptors (Lipinski definition) is 3. The maximum Gasteiger partial charge on any atom is 0.407 e. The van der Waals surface area contributed by atoms with Gasteiger partial charge in [0.15, 0.2) is 0 Å². The molecule has 0 heterocycles. The maximum atomic E-state index is 11.6. The molecule has 0 bridgehead atoms. The van der Waals surface area contributed by atoms with Crippen molar-refractivity contribution in [2.45, 2.75) is 38.8 Å². The summed E-state index contributed by atoms with van der Waals surface area (Å²) in [6.07, 6.45) is -0.0227. The Balaban J connectivity index is 2.57. The lowest BCUT2D eigenvalue weighted by molar-refractivity contribution is 0.0526. The van der Waals surface area contributed by atoms with Crippen LogP contribution < -0.4 is 16.4 Å². The van der Waals surface area contributed by atoms with Gasteiger partial charge in [-0.15, -0.1) is 0 Å². The minimum Gasteiger partial charge on any atom is -0.444 e. The fourth-order valence-corrected chi connectivity index (χ4v) is 1.95. The zero-order valence-corrected chi connectivity index (χ0v) is 13.7. The van der Waals surface area contributed by atoms with E-state index in [1.165, 1.54) is 0 Å². The Kier molecular flexibility index (Phi) is 6.49. The van der Waals surface area contributed by atoms with Crippen molar-refractivity contribution in [2.75, 3.05) is 6.54 Å². The number of nitrogens with two attached hydrogens (primary N) is 1. The summed E-state index contributed by atoms with van der Waals surface area (Å²) in [6.45, 7) is 5.70. The first kappa shape index (κ1) is 18.1. The van der Waals surface area contributed by atoms with Gasteiger partial charge in [-0.05, 0) is 44.9 Å². The summed E-state index contributed by atoms with van der Waals surface area (Å²) in [5.41, 5.74) is 5.49. The molecule has 0 aliphatic heterocycles. The molecule has 0 radical (unpaired) electrons. The smallest absolute Gasteiger partial charge is 0.407 e. The maximum absolute atomic E-state index is 11.6. The number of benzene rings is 1. The van der Waals surface area contributed by atoms with Crippen LogP contribution in [-0.4, -0.2) is 24.3 Å². The van der Waals surface area contributed by atoms with Crippen LogP contribution in [0.1, 0.15) is 38.8 Å². The fourth-order valence-electron chi connectivity index (χ4n) is 1.82. The molecule has 1 aromatic carbocycles. The summed E-state index contributed by atoms with van der Waals surface area (Å²) in [5.74, 6) is 0. The third-order valence-electron chi connectivity index (χ3n) is 2.69. The Labute approximate surface area is 135 Å². The van der Waals surface area contributed by atoms with Gasteiger partial charge in [0.2, 0.25) is 0 Å². The molecule has 1 rings (SSSR count). The number of halogens is 1. The molecule has 0 fully saturated rings. The first-order valence-electron chi connectivity index (χ1n) is 6.95. The van der Waals surface area contributed by atoms with Crippen LogP contribution in [0.25, 0.3) is 0 Å². The Hall–Kier alpha value is -1.95. The number of primary amides is 1. The van der Waals surface area contributed by atoms with Crippen molar-refractivity contribution < 1.29 is 14.3 Å². The van der Waals surface area contributed by atoms with Crippen molar-refractivity contribution in [3.8, 4) is 0 Å². The molecule has 4 N–H and O–H groups in total. The van der Waals surface area contributed by atoms with Gasteiger partial charge in [-0.3, -0.25) is 0 Å². The third kappa shape index (κ3) is 7.17. The van der Waals surface area contributed by atoms with Crippen molar-refractivity contribution in [1.82, 2.24) is 10.6 Å². The van der Waals surface area contributed by atoms with E-state index in [0.29, 0.717) is 18.0 Å². The average molecular weight is 328 g/mol. The second-order valence-electron chi connectivity index (χ2n) is 5.83. The van der Waals surface area contributed by atoms with Gasteiger partial charge < -0.3 is 21.1 Å². The molecule has 1 unspecified atom stereocenters. The largest absolute Gasteiger partial charge is 0.444 e. The number of rotatable bonds is 5. The van der Waals surface area contributed by atoms with E-state index in [2.05, 4.69) is 10.6 Å². The van der Waals surface area contributed by atoms with Crippen molar-refractivity contribution in [3.63, 3.8) is 0 Å². The zero-order chi connectivity index (χ0) is 16.8. The van der Waals surface area contributed by atoms with E-state index in [0.717, 1.165) is 5.56 Å². The highest BCUT2D eigenvalue weighted by atomic mass is 35.5. The van der Waals surface area contributed by atoms with Crippen LogP contribution in [0.5, 0.6) is 0 Å². The first-order chi connectivity index (χ1) is 10.2. The number of nitrogens with one attached hydrogen (secondary N) is 2. The highest BCUT2D eigenvalue weighted by Gasteiger charge is 2.17. The van der Waals surface area contributed by atoms with Gasteiger partial charge in [0.25, 0.3) is 0 Å². The van der Waals surface area contributed by atoms with E-state index < -0.39 is 17.7 Å². The molecule has 122 valence electrons. The summed E-state index contributed by atoms with van der Waals surface area (Å²) in [5, 5.41) is 5.89. The molecule has 1 atom stereocenters. The van der Waals surface area contributed by atoms with Crippen LogP contribution >= 0.6 is 11.6 Å². The van der Waals surface area contributed by atoms with E-state index >= 15 is 0 Å². The molecule has 7 heteroatoms.